The molecule has 4 nitrogen and oxygen atoms in total. The summed E-state index contributed by atoms with van der Waals surface area (Å²) in [6.07, 6.45) is 4.49. The Labute approximate surface area is 137 Å². The van der Waals surface area contributed by atoms with Gasteiger partial charge in [0, 0.05) is 29.9 Å². The van der Waals surface area contributed by atoms with E-state index in [0.717, 1.165) is 43.7 Å². The van der Waals surface area contributed by atoms with E-state index < -0.39 is 0 Å². The number of hydrogen-bond donors (Lipinski definition) is 0. The van der Waals surface area contributed by atoms with Crippen LogP contribution in [0.25, 0.3) is 0 Å². The fourth-order valence-corrected chi connectivity index (χ4v) is 5.45. The van der Waals surface area contributed by atoms with Crippen molar-refractivity contribution in [1.82, 2.24) is 4.90 Å². The maximum Gasteiger partial charge on any atom is 0.164 e. The molecule has 4 rings (SSSR count). The molecule has 1 heterocycles. The van der Waals surface area contributed by atoms with Crippen molar-refractivity contribution in [3.63, 3.8) is 0 Å². The number of ketones is 1. The van der Waals surface area contributed by atoms with Gasteiger partial charge >= 0.3 is 0 Å². The smallest absolute Gasteiger partial charge is 0.164 e. The molecule has 1 aromatic carbocycles. The number of rotatable bonds is 2. The number of likely N-dealkylation sites (N-methyl/N-ethyl adjacent to an activating group) is 1. The van der Waals surface area contributed by atoms with Crippen LogP contribution in [0.4, 0.5) is 0 Å². The molecule has 1 aliphatic heterocycles. The van der Waals surface area contributed by atoms with Crippen molar-refractivity contribution in [3.05, 3.63) is 23.3 Å². The first-order chi connectivity index (χ1) is 11.1. The number of carbonyl (C=O) groups excluding carboxylic acids is 1. The lowest BCUT2D eigenvalue weighted by molar-refractivity contribution is -0.126. The number of likely N-dealkylation sites (tertiary alicyclic amines) is 1. The molecule has 23 heavy (non-hydrogen) atoms. The van der Waals surface area contributed by atoms with Crippen molar-refractivity contribution >= 4 is 5.78 Å². The van der Waals surface area contributed by atoms with E-state index >= 15 is 0 Å². The standard InChI is InChI=1S/C19H25NO3/c1-20-9-8-19-11-13(21)5-6-14(19)15(20)10-12-4-7-16(22-2)18(23-3)17(12)19/h4,7,14-15H,5-6,8-11H2,1-3H3/t14-,15+,19-/m0/s1. The average molecular weight is 315 g/mol. The van der Waals surface area contributed by atoms with Gasteiger partial charge in [0.2, 0.25) is 0 Å². The third kappa shape index (κ3) is 1.97. The molecule has 1 saturated carbocycles. The fourth-order valence-electron chi connectivity index (χ4n) is 5.45. The largest absolute Gasteiger partial charge is 0.493 e. The number of ether oxygens (including phenoxy) is 2. The van der Waals surface area contributed by atoms with Gasteiger partial charge in [0.25, 0.3) is 0 Å². The number of fused-ring (bicyclic) bond motifs is 1. The van der Waals surface area contributed by atoms with E-state index in [1.165, 1.54) is 11.1 Å². The number of methoxy groups -OCH3 is 2. The lowest BCUT2D eigenvalue weighted by atomic mass is 9.52. The molecule has 0 spiro atoms. The number of Topliss-reactive ketones (excluding diaryl/α,β-unsaturated/α-hetero) is 1. The van der Waals surface area contributed by atoms with Gasteiger partial charge in [0.1, 0.15) is 5.78 Å². The van der Waals surface area contributed by atoms with E-state index in [4.69, 9.17) is 9.47 Å². The van der Waals surface area contributed by atoms with E-state index in [1.807, 2.05) is 6.07 Å². The highest BCUT2D eigenvalue weighted by atomic mass is 16.5. The van der Waals surface area contributed by atoms with Crippen molar-refractivity contribution in [1.29, 1.82) is 0 Å². The molecule has 2 bridgehead atoms. The van der Waals surface area contributed by atoms with Gasteiger partial charge in [-0.3, -0.25) is 4.79 Å². The molecule has 0 N–H and O–H groups in total. The number of hydrogen-bond acceptors (Lipinski definition) is 4. The molecule has 0 unspecified atom stereocenters. The summed E-state index contributed by atoms with van der Waals surface area (Å²) in [5.41, 5.74) is 2.55. The van der Waals surface area contributed by atoms with Crippen LogP contribution in [0.2, 0.25) is 0 Å². The van der Waals surface area contributed by atoms with Gasteiger partial charge < -0.3 is 14.4 Å². The zero-order chi connectivity index (χ0) is 16.2. The Hall–Kier alpha value is -1.55. The molecule has 0 amide bonds. The van der Waals surface area contributed by atoms with Crippen LogP contribution in [-0.2, 0) is 16.6 Å². The zero-order valence-electron chi connectivity index (χ0n) is 14.2. The molecule has 1 aromatic rings. The van der Waals surface area contributed by atoms with E-state index in [2.05, 4.69) is 18.0 Å². The first kappa shape index (κ1) is 15.0. The second kappa shape index (κ2) is 5.23. The van der Waals surface area contributed by atoms with Crippen LogP contribution in [0.15, 0.2) is 12.1 Å². The second-order valence-electron chi connectivity index (χ2n) is 7.35. The van der Waals surface area contributed by atoms with Crippen molar-refractivity contribution in [3.8, 4) is 11.5 Å². The van der Waals surface area contributed by atoms with Crippen LogP contribution in [0.5, 0.6) is 11.5 Å². The van der Waals surface area contributed by atoms with Crippen molar-refractivity contribution in [2.45, 2.75) is 43.6 Å². The van der Waals surface area contributed by atoms with Gasteiger partial charge in [-0.15, -0.1) is 0 Å². The molecule has 2 fully saturated rings. The van der Waals surface area contributed by atoms with Gasteiger partial charge in [-0.1, -0.05) is 6.07 Å². The summed E-state index contributed by atoms with van der Waals surface area (Å²) in [6.45, 7) is 1.05. The Morgan fingerprint density at radius 3 is 2.83 bits per heavy atom. The summed E-state index contributed by atoms with van der Waals surface area (Å²) in [7, 11) is 5.64. The molecule has 4 heteroatoms. The predicted molar refractivity (Wildman–Crippen MR) is 88.3 cm³/mol. The van der Waals surface area contributed by atoms with Crippen LogP contribution < -0.4 is 9.47 Å². The topological polar surface area (TPSA) is 38.8 Å². The number of piperidine rings is 1. The first-order valence-electron chi connectivity index (χ1n) is 8.57. The quantitative estimate of drug-likeness (QED) is 0.841. The Kier molecular flexibility index (Phi) is 3.41. The van der Waals surface area contributed by atoms with E-state index in [1.54, 1.807) is 14.2 Å². The third-order valence-electron chi connectivity index (χ3n) is 6.46. The monoisotopic (exact) mass is 315 g/mol. The van der Waals surface area contributed by atoms with Gasteiger partial charge in [0.05, 0.1) is 14.2 Å². The van der Waals surface area contributed by atoms with Gasteiger partial charge in [0.15, 0.2) is 11.5 Å². The van der Waals surface area contributed by atoms with Gasteiger partial charge in [-0.05, 0) is 50.4 Å². The lowest BCUT2D eigenvalue weighted by Gasteiger charge is -2.58. The Balaban J connectivity index is 1.96. The summed E-state index contributed by atoms with van der Waals surface area (Å²) in [6, 6.07) is 4.73. The van der Waals surface area contributed by atoms with Crippen molar-refractivity contribution in [2.75, 3.05) is 27.8 Å². The van der Waals surface area contributed by atoms with Crippen LogP contribution >= 0.6 is 0 Å². The normalized spacial score (nSPS) is 32.9. The number of carbonyl (C=O) groups is 1. The molecule has 3 atom stereocenters. The minimum atomic E-state index is -0.0556. The van der Waals surface area contributed by atoms with Crippen LogP contribution in [0.3, 0.4) is 0 Å². The summed E-state index contributed by atoms with van der Waals surface area (Å²) >= 11 is 0. The number of benzene rings is 1. The Morgan fingerprint density at radius 1 is 1.26 bits per heavy atom. The lowest BCUT2D eigenvalue weighted by Crippen LogP contribution is -2.61. The SMILES string of the molecule is COc1ccc2c(c1OC)[C@]13CCN(C)[C@H](C2)[C@@H]1CCC(=O)C3. The highest BCUT2D eigenvalue weighted by Gasteiger charge is 2.56. The maximum absolute atomic E-state index is 12.4. The van der Waals surface area contributed by atoms with Crippen LogP contribution in [0, 0.1) is 5.92 Å². The molecule has 2 aliphatic carbocycles. The van der Waals surface area contributed by atoms with E-state index in [-0.39, 0.29) is 5.41 Å². The Morgan fingerprint density at radius 2 is 2.09 bits per heavy atom. The highest BCUT2D eigenvalue weighted by Crippen LogP contribution is 2.58. The molecular formula is C19H25NO3. The molecule has 0 radical (unpaired) electrons. The zero-order valence-corrected chi connectivity index (χ0v) is 14.2. The minimum Gasteiger partial charge on any atom is -0.493 e. The molecular weight excluding hydrogens is 290 g/mol. The number of nitrogens with zero attached hydrogens (tertiary/aromatic N) is 1. The summed E-state index contributed by atoms with van der Waals surface area (Å²) in [5, 5.41) is 0. The average Bonchev–Trinajstić information content (AvgIpc) is 2.56. The molecule has 0 aromatic heterocycles. The fraction of sp³-hybridized carbons (Fsp3) is 0.632. The predicted octanol–water partition coefficient (Wildman–Crippen LogP) is 2.57. The highest BCUT2D eigenvalue weighted by molar-refractivity contribution is 5.82. The van der Waals surface area contributed by atoms with E-state index in [0.29, 0.717) is 24.2 Å². The molecule has 124 valence electrons. The van der Waals surface area contributed by atoms with Crippen molar-refractivity contribution in [2.24, 2.45) is 5.92 Å². The first-order valence-corrected chi connectivity index (χ1v) is 8.57. The molecule has 3 aliphatic rings. The summed E-state index contributed by atoms with van der Waals surface area (Å²) in [5.74, 6) is 2.59. The minimum absolute atomic E-state index is 0.0556. The summed E-state index contributed by atoms with van der Waals surface area (Å²) < 4.78 is 11.3. The molecule has 1 saturated heterocycles. The maximum atomic E-state index is 12.4. The van der Waals surface area contributed by atoms with E-state index in [9.17, 15) is 4.79 Å². The van der Waals surface area contributed by atoms with Crippen LogP contribution in [-0.4, -0.2) is 44.5 Å². The van der Waals surface area contributed by atoms with Crippen LogP contribution in [0.1, 0.15) is 36.8 Å². The second-order valence-corrected chi connectivity index (χ2v) is 7.35. The third-order valence-corrected chi connectivity index (χ3v) is 6.46. The Bertz CT molecular complexity index is 656. The van der Waals surface area contributed by atoms with Gasteiger partial charge in [-0.25, -0.2) is 0 Å². The van der Waals surface area contributed by atoms with Gasteiger partial charge in [-0.2, -0.15) is 0 Å². The summed E-state index contributed by atoms with van der Waals surface area (Å²) in [4.78, 5) is 14.9. The van der Waals surface area contributed by atoms with Crippen molar-refractivity contribution < 1.29 is 14.3 Å².